The Labute approximate surface area is 237 Å². The fraction of sp³-hybridized carbons (Fsp3) is 0.290. The van der Waals surface area contributed by atoms with E-state index in [1.54, 1.807) is 6.33 Å². The third-order valence-electron chi connectivity index (χ3n) is 7.15. The van der Waals surface area contributed by atoms with Crippen LogP contribution in [-0.4, -0.2) is 69.1 Å². The summed E-state index contributed by atoms with van der Waals surface area (Å²) in [7, 11) is 0. The van der Waals surface area contributed by atoms with Crippen molar-refractivity contribution in [2.45, 2.75) is 32.9 Å². The van der Waals surface area contributed by atoms with Crippen LogP contribution in [0.4, 0.5) is 0 Å². The van der Waals surface area contributed by atoms with Crippen molar-refractivity contribution in [2.24, 2.45) is 0 Å². The molecule has 6 rings (SSSR count). The largest absolute Gasteiger partial charge is 0.460 e. The molecule has 0 unspecified atom stereocenters. The van der Waals surface area contributed by atoms with Crippen LogP contribution in [0.15, 0.2) is 66.4 Å². The topological polar surface area (TPSA) is 96.0 Å². The normalized spacial score (nSPS) is 17.8. The van der Waals surface area contributed by atoms with Crippen LogP contribution >= 0.6 is 11.3 Å². The van der Waals surface area contributed by atoms with E-state index in [-0.39, 0.29) is 5.97 Å². The molecule has 0 amide bonds. The predicted molar refractivity (Wildman–Crippen MR) is 159 cm³/mol. The van der Waals surface area contributed by atoms with Crippen molar-refractivity contribution >= 4 is 28.2 Å². The number of esters is 1. The van der Waals surface area contributed by atoms with Crippen molar-refractivity contribution in [1.29, 1.82) is 0 Å². The average Bonchev–Trinajstić information content (AvgIpc) is 3.63. The van der Waals surface area contributed by atoms with Gasteiger partial charge in [-0.3, -0.25) is 14.9 Å². The van der Waals surface area contributed by atoms with E-state index in [2.05, 4.69) is 56.1 Å². The van der Waals surface area contributed by atoms with E-state index in [1.807, 2.05) is 54.9 Å². The van der Waals surface area contributed by atoms with Gasteiger partial charge in [-0.15, -0.1) is 11.3 Å². The van der Waals surface area contributed by atoms with E-state index < -0.39 is 0 Å². The Balaban J connectivity index is 1.17. The molecule has 2 N–H and O–H groups in total. The van der Waals surface area contributed by atoms with Crippen LogP contribution in [0.5, 0.6) is 0 Å². The number of nitrogens with one attached hydrogen (secondary N) is 2. The minimum Gasteiger partial charge on any atom is -0.460 e. The van der Waals surface area contributed by atoms with Crippen LogP contribution in [0.2, 0.25) is 0 Å². The highest BCUT2D eigenvalue weighted by molar-refractivity contribution is 7.12. The third kappa shape index (κ3) is 5.67. The molecule has 0 saturated carbocycles. The summed E-state index contributed by atoms with van der Waals surface area (Å²) in [5.74, 6) is -0.278. The Morgan fingerprint density at radius 3 is 2.70 bits per heavy atom. The molecule has 5 aromatic rings. The second kappa shape index (κ2) is 11.3. The molecule has 1 saturated heterocycles. The van der Waals surface area contributed by atoms with E-state index in [0.717, 1.165) is 70.0 Å². The van der Waals surface area contributed by atoms with Gasteiger partial charge in [-0.1, -0.05) is 12.1 Å². The fourth-order valence-electron chi connectivity index (χ4n) is 5.38. The lowest BCUT2D eigenvalue weighted by molar-refractivity contribution is 0.0442. The van der Waals surface area contributed by atoms with E-state index in [1.165, 1.54) is 11.3 Å². The minimum atomic E-state index is -0.278. The maximum atomic E-state index is 12.7. The lowest BCUT2D eigenvalue weighted by Gasteiger charge is -2.35. The molecule has 2 atom stereocenters. The Morgan fingerprint density at radius 1 is 1.05 bits per heavy atom. The van der Waals surface area contributed by atoms with Crippen molar-refractivity contribution in [1.82, 2.24) is 30.2 Å². The Kier molecular flexibility index (Phi) is 7.42. The zero-order valence-electron chi connectivity index (χ0n) is 22.8. The average molecular weight is 553 g/mol. The number of carbonyl (C=O) groups excluding carboxylic acids is 1. The standard InChI is InChI=1S/C31H32N6O2S/c1-19-5-4-6-27(36-19)30-29(33-18-34-30)22-7-8-26-23(11-22)12-24(14-32-26)25-13-28(40-17-25)31(38)39-10-9-37-15-20(2)35-21(3)16-37/h4-8,11-14,17-18,20-21,35H,9-10,15-16H2,1-3H3,(H,33,34)/t20-,21+. The van der Waals surface area contributed by atoms with Crippen LogP contribution in [-0.2, 0) is 4.74 Å². The zero-order valence-corrected chi connectivity index (χ0v) is 23.7. The predicted octanol–water partition coefficient (Wildman–Crippen LogP) is 5.56. The number of hydrogen-bond acceptors (Lipinski definition) is 8. The van der Waals surface area contributed by atoms with E-state index >= 15 is 0 Å². The van der Waals surface area contributed by atoms with Crippen LogP contribution < -0.4 is 5.32 Å². The highest BCUT2D eigenvalue weighted by Crippen LogP contribution is 2.32. The van der Waals surface area contributed by atoms with Gasteiger partial charge in [0.15, 0.2) is 0 Å². The summed E-state index contributed by atoms with van der Waals surface area (Å²) < 4.78 is 5.61. The SMILES string of the molecule is Cc1cccc(-c2[nH]cnc2-c2ccc3ncc(-c4csc(C(=O)OCCN5C[C@@H](C)N[C@@H](C)C5)c4)cc3c2)n1. The Hall–Kier alpha value is -3.92. The number of pyridine rings is 2. The maximum Gasteiger partial charge on any atom is 0.348 e. The van der Waals surface area contributed by atoms with Crippen LogP contribution in [0.1, 0.15) is 29.2 Å². The first-order valence-corrected chi connectivity index (χ1v) is 14.4. The zero-order chi connectivity index (χ0) is 27.6. The van der Waals surface area contributed by atoms with Crippen LogP contribution in [0, 0.1) is 6.92 Å². The Morgan fingerprint density at radius 2 is 1.88 bits per heavy atom. The number of thiophene rings is 1. The second-order valence-electron chi connectivity index (χ2n) is 10.5. The monoisotopic (exact) mass is 552 g/mol. The van der Waals surface area contributed by atoms with Crippen molar-refractivity contribution < 1.29 is 9.53 Å². The number of rotatable bonds is 7. The van der Waals surface area contributed by atoms with Gasteiger partial charge in [0.2, 0.25) is 0 Å². The summed E-state index contributed by atoms with van der Waals surface area (Å²) >= 11 is 1.40. The van der Waals surface area contributed by atoms with E-state index in [9.17, 15) is 4.79 Å². The molecule has 1 aromatic carbocycles. The van der Waals surface area contributed by atoms with Gasteiger partial charge < -0.3 is 15.0 Å². The van der Waals surface area contributed by atoms with E-state index in [0.29, 0.717) is 23.6 Å². The molecule has 0 bridgehead atoms. The number of nitrogens with zero attached hydrogens (tertiary/aromatic N) is 4. The molecule has 8 nitrogen and oxygen atoms in total. The van der Waals surface area contributed by atoms with Gasteiger partial charge in [0.25, 0.3) is 0 Å². The first kappa shape index (κ1) is 26.3. The van der Waals surface area contributed by atoms with Gasteiger partial charge in [0.1, 0.15) is 11.5 Å². The summed E-state index contributed by atoms with van der Waals surface area (Å²) in [5.41, 5.74) is 7.31. The molecule has 0 aliphatic carbocycles. The second-order valence-corrected chi connectivity index (χ2v) is 11.4. The number of benzene rings is 1. The molecular formula is C31H32N6O2S. The molecule has 1 aliphatic rings. The number of aromatic nitrogens is 4. The highest BCUT2D eigenvalue weighted by atomic mass is 32.1. The lowest BCUT2D eigenvalue weighted by Crippen LogP contribution is -2.54. The number of fused-ring (bicyclic) bond motifs is 1. The summed E-state index contributed by atoms with van der Waals surface area (Å²) in [5, 5.41) is 6.51. The highest BCUT2D eigenvalue weighted by Gasteiger charge is 2.21. The minimum absolute atomic E-state index is 0.278. The smallest absolute Gasteiger partial charge is 0.348 e. The first-order valence-electron chi connectivity index (χ1n) is 13.5. The fourth-order valence-corrected chi connectivity index (χ4v) is 6.19. The van der Waals surface area contributed by atoms with Crippen molar-refractivity contribution in [3.05, 3.63) is 77.0 Å². The van der Waals surface area contributed by atoms with Crippen molar-refractivity contribution in [3.63, 3.8) is 0 Å². The number of carbonyl (C=O) groups is 1. The number of imidazole rings is 1. The molecule has 1 aliphatic heterocycles. The molecule has 9 heteroatoms. The summed E-state index contributed by atoms with van der Waals surface area (Å²) in [6.07, 6.45) is 3.55. The summed E-state index contributed by atoms with van der Waals surface area (Å²) in [4.78, 5) is 32.9. The number of aryl methyl sites for hydroxylation is 1. The van der Waals surface area contributed by atoms with Gasteiger partial charge in [-0.25, -0.2) is 9.78 Å². The Bertz CT molecular complexity index is 1650. The van der Waals surface area contributed by atoms with E-state index in [4.69, 9.17) is 4.74 Å². The lowest BCUT2D eigenvalue weighted by atomic mass is 10.0. The maximum absolute atomic E-state index is 12.7. The molecule has 4 aromatic heterocycles. The number of aromatic amines is 1. The molecule has 1 fully saturated rings. The van der Waals surface area contributed by atoms with Gasteiger partial charge >= 0.3 is 5.97 Å². The first-order chi connectivity index (χ1) is 19.4. The van der Waals surface area contributed by atoms with Crippen LogP contribution in [0.3, 0.4) is 0 Å². The number of H-pyrrole nitrogens is 1. The number of ether oxygens (including phenoxy) is 1. The molecular weight excluding hydrogens is 520 g/mol. The molecule has 5 heterocycles. The number of hydrogen-bond donors (Lipinski definition) is 2. The molecule has 0 radical (unpaired) electrons. The number of piperazine rings is 1. The summed E-state index contributed by atoms with van der Waals surface area (Å²) in [6.45, 7) is 9.40. The van der Waals surface area contributed by atoms with Crippen LogP contribution in [0.25, 0.3) is 44.7 Å². The third-order valence-corrected chi connectivity index (χ3v) is 8.06. The molecule has 204 valence electrons. The van der Waals surface area contributed by atoms with Gasteiger partial charge in [-0.05, 0) is 68.1 Å². The van der Waals surface area contributed by atoms with Gasteiger partial charge in [0, 0.05) is 60.1 Å². The van der Waals surface area contributed by atoms with Gasteiger partial charge in [0.05, 0.1) is 28.9 Å². The van der Waals surface area contributed by atoms with Gasteiger partial charge in [-0.2, -0.15) is 0 Å². The quantitative estimate of drug-likeness (QED) is 0.255. The van der Waals surface area contributed by atoms with Crippen molar-refractivity contribution in [3.8, 4) is 33.8 Å². The molecule has 40 heavy (non-hydrogen) atoms. The van der Waals surface area contributed by atoms with Crippen molar-refractivity contribution in [2.75, 3.05) is 26.2 Å². The molecule has 0 spiro atoms. The summed E-state index contributed by atoms with van der Waals surface area (Å²) in [6, 6.07) is 17.0.